The molecular weight excluding hydrogens is 863 g/mol. The van der Waals surface area contributed by atoms with E-state index in [1.54, 1.807) is 0 Å². The lowest BCUT2D eigenvalue weighted by Gasteiger charge is -2.12. The molecule has 0 bridgehead atoms. The smallest absolute Gasteiger partial charge is 0.164 e. The van der Waals surface area contributed by atoms with Crippen molar-refractivity contribution in [3.8, 4) is 89.8 Å². The summed E-state index contributed by atoms with van der Waals surface area (Å²) in [5.41, 5.74) is 14.4. The minimum atomic E-state index is 0.618. The van der Waals surface area contributed by atoms with Crippen molar-refractivity contribution in [2.75, 3.05) is 0 Å². The van der Waals surface area contributed by atoms with Crippen LogP contribution in [0.25, 0.3) is 130 Å². The van der Waals surface area contributed by atoms with Gasteiger partial charge in [0, 0.05) is 57.0 Å². The van der Waals surface area contributed by atoms with Gasteiger partial charge in [-0.2, -0.15) is 0 Å². The Morgan fingerprint density at radius 2 is 0.515 bits per heavy atom. The Balaban J connectivity index is 0.933. The normalized spacial score (nSPS) is 11.5. The Morgan fingerprint density at radius 1 is 0.221 bits per heavy atom. The number of nitrogens with zero attached hydrogens (tertiary/aromatic N) is 3. The molecule has 0 aliphatic rings. The number of hydrogen-bond acceptors (Lipinski definition) is 5. The highest BCUT2D eigenvalue weighted by atomic mass is 32.1. The maximum atomic E-state index is 5.30. The lowest BCUT2D eigenvalue weighted by Crippen LogP contribution is -2.00. The maximum absolute atomic E-state index is 5.30. The van der Waals surface area contributed by atoms with Crippen LogP contribution in [0.1, 0.15) is 0 Å². The summed E-state index contributed by atoms with van der Waals surface area (Å²) in [6, 6.07) is 84.6. The Hall–Kier alpha value is -8.35. The molecule has 0 aliphatic heterocycles. The average Bonchev–Trinajstić information content (AvgIpc) is 4.00. The van der Waals surface area contributed by atoms with Gasteiger partial charge in [0.05, 0.1) is 0 Å². The third-order valence-corrected chi connectivity index (χ3v) is 15.4. The molecular formula is C63H39N3S2. The van der Waals surface area contributed by atoms with E-state index < -0.39 is 0 Å². The predicted molar refractivity (Wildman–Crippen MR) is 289 cm³/mol. The first-order valence-electron chi connectivity index (χ1n) is 22.8. The van der Waals surface area contributed by atoms with E-state index >= 15 is 0 Å². The molecule has 3 nitrogen and oxygen atoms in total. The summed E-state index contributed by atoms with van der Waals surface area (Å²) in [5, 5.41) is 5.12. The molecule has 13 rings (SSSR count). The minimum Gasteiger partial charge on any atom is -0.208 e. The number of aromatic nitrogens is 3. The van der Waals surface area contributed by atoms with Crippen molar-refractivity contribution in [2.45, 2.75) is 0 Å². The molecule has 13 aromatic rings. The van der Waals surface area contributed by atoms with Gasteiger partial charge >= 0.3 is 0 Å². The predicted octanol–water partition coefficient (Wildman–Crippen LogP) is 17.9. The molecule has 0 saturated heterocycles. The summed E-state index contributed by atoms with van der Waals surface area (Å²) in [6.45, 7) is 0. The Bertz CT molecular complexity index is 3880. The van der Waals surface area contributed by atoms with Crippen LogP contribution in [0.3, 0.4) is 0 Å². The number of benzene rings is 10. The molecule has 318 valence electrons. The summed E-state index contributed by atoms with van der Waals surface area (Å²) in [7, 11) is 0. The van der Waals surface area contributed by atoms with Gasteiger partial charge in [0.25, 0.3) is 0 Å². The van der Waals surface area contributed by atoms with E-state index in [9.17, 15) is 0 Å². The van der Waals surface area contributed by atoms with E-state index in [0.29, 0.717) is 17.5 Å². The van der Waals surface area contributed by atoms with Crippen molar-refractivity contribution < 1.29 is 0 Å². The highest BCUT2D eigenvalue weighted by Crippen LogP contribution is 2.43. The molecule has 68 heavy (non-hydrogen) atoms. The zero-order valence-electron chi connectivity index (χ0n) is 36.7. The molecule has 0 amide bonds. The molecule has 0 aliphatic carbocycles. The van der Waals surface area contributed by atoms with Crippen LogP contribution in [-0.4, -0.2) is 15.0 Å². The van der Waals surface area contributed by atoms with Gasteiger partial charge in [-0.1, -0.05) is 194 Å². The highest BCUT2D eigenvalue weighted by molar-refractivity contribution is 7.26. The Labute approximate surface area is 402 Å². The van der Waals surface area contributed by atoms with E-state index in [1.807, 2.05) is 22.7 Å². The van der Waals surface area contributed by atoms with Crippen molar-refractivity contribution in [3.63, 3.8) is 0 Å². The Kier molecular flexibility index (Phi) is 9.89. The van der Waals surface area contributed by atoms with Gasteiger partial charge in [-0.25, -0.2) is 15.0 Å². The molecule has 0 unspecified atom stereocenters. The lowest BCUT2D eigenvalue weighted by molar-refractivity contribution is 1.07. The van der Waals surface area contributed by atoms with E-state index in [1.165, 1.54) is 68.2 Å². The summed E-state index contributed by atoms with van der Waals surface area (Å²) >= 11 is 3.69. The van der Waals surface area contributed by atoms with E-state index in [-0.39, 0.29) is 0 Å². The number of fused-ring (bicyclic) bond motifs is 6. The molecule has 3 heterocycles. The molecule has 0 radical (unpaired) electrons. The second-order valence-electron chi connectivity index (χ2n) is 17.1. The fourth-order valence-corrected chi connectivity index (χ4v) is 12.1. The summed E-state index contributed by atoms with van der Waals surface area (Å²) in [5.74, 6) is 1.86. The van der Waals surface area contributed by atoms with Gasteiger partial charge < -0.3 is 0 Å². The molecule has 0 fully saturated rings. The van der Waals surface area contributed by atoms with Crippen LogP contribution in [0.4, 0.5) is 0 Å². The third-order valence-electron chi connectivity index (χ3n) is 12.9. The summed E-state index contributed by atoms with van der Waals surface area (Å²) in [6.07, 6.45) is 0. The van der Waals surface area contributed by atoms with Crippen molar-refractivity contribution in [1.29, 1.82) is 0 Å². The molecule has 0 spiro atoms. The van der Waals surface area contributed by atoms with Crippen molar-refractivity contribution in [2.24, 2.45) is 0 Å². The van der Waals surface area contributed by atoms with E-state index in [2.05, 4.69) is 237 Å². The Morgan fingerprint density at radius 3 is 0.956 bits per heavy atom. The van der Waals surface area contributed by atoms with Gasteiger partial charge in [-0.15, -0.1) is 22.7 Å². The van der Waals surface area contributed by atoms with Gasteiger partial charge in [0.1, 0.15) is 0 Å². The largest absolute Gasteiger partial charge is 0.208 e. The maximum Gasteiger partial charge on any atom is 0.164 e. The van der Waals surface area contributed by atoms with Gasteiger partial charge in [-0.05, 0) is 98.1 Å². The first-order chi connectivity index (χ1) is 33.7. The molecule has 5 heteroatoms. The number of rotatable bonds is 8. The van der Waals surface area contributed by atoms with Gasteiger partial charge in [0.2, 0.25) is 0 Å². The van der Waals surface area contributed by atoms with E-state index in [0.717, 1.165) is 44.5 Å². The van der Waals surface area contributed by atoms with Crippen LogP contribution in [-0.2, 0) is 0 Å². The summed E-state index contributed by atoms with van der Waals surface area (Å²) in [4.78, 5) is 15.9. The topological polar surface area (TPSA) is 38.7 Å². The van der Waals surface area contributed by atoms with Crippen LogP contribution < -0.4 is 0 Å². The van der Waals surface area contributed by atoms with Crippen molar-refractivity contribution in [3.05, 3.63) is 237 Å². The molecule has 0 N–H and O–H groups in total. The summed E-state index contributed by atoms with van der Waals surface area (Å²) < 4.78 is 5.13. The lowest BCUT2D eigenvalue weighted by atomic mass is 9.95. The fourth-order valence-electron chi connectivity index (χ4n) is 9.59. The van der Waals surface area contributed by atoms with Crippen LogP contribution >= 0.6 is 22.7 Å². The van der Waals surface area contributed by atoms with Crippen LogP contribution in [0.15, 0.2) is 237 Å². The zero-order valence-corrected chi connectivity index (χ0v) is 38.3. The molecule has 10 aromatic carbocycles. The van der Waals surface area contributed by atoms with Crippen molar-refractivity contribution in [1.82, 2.24) is 15.0 Å². The second kappa shape index (κ2) is 16.8. The van der Waals surface area contributed by atoms with Gasteiger partial charge in [-0.3, -0.25) is 0 Å². The molecule has 0 atom stereocenters. The van der Waals surface area contributed by atoms with Crippen molar-refractivity contribution >= 4 is 63.0 Å². The first kappa shape index (κ1) is 40.0. The number of thiophene rings is 2. The van der Waals surface area contributed by atoms with Crippen LogP contribution in [0.5, 0.6) is 0 Å². The molecule has 3 aromatic heterocycles. The van der Waals surface area contributed by atoms with E-state index in [4.69, 9.17) is 15.0 Å². The quantitative estimate of drug-likeness (QED) is 0.152. The fraction of sp³-hybridized carbons (Fsp3) is 0. The minimum absolute atomic E-state index is 0.618. The monoisotopic (exact) mass is 901 g/mol. The average molecular weight is 902 g/mol. The standard InChI is InChI=1S/C63H39N3S2/c1-2-15-40(16-3-1)41-17-8-18-42(35-41)43-19-9-20-44(36-43)45-21-10-24-48(37-45)61-64-62(49-25-11-22-46(38-49)51-29-13-31-55-53-27-4-6-33-57(53)67-59(51)55)66-63(65-61)50-26-12-23-47(39-50)52-30-14-32-56-54-28-5-7-34-58(54)68-60(52)56/h1-39H. The molecule has 0 saturated carbocycles. The first-order valence-corrected chi connectivity index (χ1v) is 24.5. The third kappa shape index (κ3) is 7.26. The second-order valence-corrected chi connectivity index (χ2v) is 19.2. The SMILES string of the molecule is c1ccc(-c2cccc(-c3cccc(-c4cccc(-c5nc(-c6cccc(-c7cccc8c7sc7ccccc78)c6)nc(-c6cccc(-c7cccc8c7sc7ccccc78)c6)n5)c4)c3)c2)cc1. The van der Waals surface area contributed by atoms with Crippen LogP contribution in [0.2, 0.25) is 0 Å². The van der Waals surface area contributed by atoms with Crippen LogP contribution in [0, 0.1) is 0 Å². The van der Waals surface area contributed by atoms with Gasteiger partial charge in [0.15, 0.2) is 17.5 Å². The number of hydrogen-bond donors (Lipinski definition) is 0. The zero-order chi connectivity index (χ0) is 45.0. The highest BCUT2D eigenvalue weighted by Gasteiger charge is 2.18.